The van der Waals surface area contributed by atoms with Gasteiger partial charge in [-0.05, 0) is 12.0 Å². The first kappa shape index (κ1) is 19.1. The molecule has 27 heavy (non-hydrogen) atoms. The summed E-state index contributed by atoms with van der Waals surface area (Å²) in [4.78, 5) is 14.5. The van der Waals surface area contributed by atoms with Gasteiger partial charge in [0.25, 0.3) is 0 Å². The lowest BCUT2D eigenvalue weighted by molar-refractivity contribution is 0.694. The van der Waals surface area contributed by atoms with Crippen LogP contribution in [0.5, 0.6) is 0 Å². The molecule has 1 aromatic carbocycles. The third kappa shape index (κ3) is 5.65. The van der Waals surface area contributed by atoms with Gasteiger partial charge in [-0.1, -0.05) is 37.3 Å². The summed E-state index contributed by atoms with van der Waals surface area (Å²) in [6.07, 6.45) is 7.70. The molecule has 0 saturated heterocycles. The number of hydrogen-bond acceptors (Lipinski definition) is 4. The van der Waals surface area contributed by atoms with Gasteiger partial charge in [-0.3, -0.25) is 4.99 Å². The van der Waals surface area contributed by atoms with Crippen LogP contribution in [0.3, 0.4) is 0 Å². The maximum Gasteiger partial charge on any atom is 0.191 e. The van der Waals surface area contributed by atoms with Gasteiger partial charge in [0.2, 0.25) is 0 Å². The summed E-state index contributed by atoms with van der Waals surface area (Å²) in [5.74, 6) is 1.85. The molecule has 3 rings (SSSR count). The van der Waals surface area contributed by atoms with Crippen LogP contribution in [0.1, 0.15) is 28.2 Å². The Morgan fingerprint density at radius 1 is 1.19 bits per heavy atom. The Kier molecular flexibility index (Phi) is 6.98. The minimum Gasteiger partial charge on any atom is -0.356 e. The van der Waals surface area contributed by atoms with E-state index < -0.39 is 0 Å². The Bertz CT molecular complexity index is 852. The first-order valence-corrected chi connectivity index (χ1v) is 10.0. The summed E-state index contributed by atoms with van der Waals surface area (Å²) < 4.78 is 2.19. The van der Waals surface area contributed by atoms with E-state index >= 15 is 0 Å². The Labute approximate surface area is 164 Å². The predicted molar refractivity (Wildman–Crippen MR) is 111 cm³/mol. The van der Waals surface area contributed by atoms with Crippen molar-refractivity contribution in [1.29, 1.82) is 0 Å². The zero-order valence-corrected chi connectivity index (χ0v) is 16.7. The molecule has 0 unspecified atom stereocenters. The summed E-state index contributed by atoms with van der Waals surface area (Å²) in [5.41, 5.74) is 1.28. The number of nitrogens with zero attached hydrogens (tertiary/aromatic N) is 4. The molecule has 2 heterocycles. The SMILES string of the molecule is CCc1cnc(CNC(=NC)NCCc2nccn2Cc2ccccc2)s1. The van der Waals surface area contributed by atoms with Crippen LogP contribution in [-0.2, 0) is 25.9 Å². The molecule has 7 heteroatoms. The second kappa shape index (κ2) is 9.87. The van der Waals surface area contributed by atoms with Gasteiger partial charge in [0.05, 0.1) is 6.54 Å². The largest absolute Gasteiger partial charge is 0.356 e. The van der Waals surface area contributed by atoms with Crippen molar-refractivity contribution in [2.75, 3.05) is 13.6 Å². The average Bonchev–Trinajstić information content (AvgIpc) is 3.34. The molecule has 0 atom stereocenters. The molecule has 2 N–H and O–H groups in total. The quantitative estimate of drug-likeness (QED) is 0.464. The highest BCUT2D eigenvalue weighted by molar-refractivity contribution is 7.11. The van der Waals surface area contributed by atoms with Gasteiger partial charge in [0.1, 0.15) is 10.8 Å². The van der Waals surface area contributed by atoms with Crippen LogP contribution < -0.4 is 10.6 Å². The van der Waals surface area contributed by atoms with Crippen LogP contribution in [0.15, 0.2) is 53.9 Å². The normalized spacial score (nSPS) is 11.6. The van der Waals surface area contributed by atoms with Gasteiger partial charge in [-0.25, -0.2) is 9.97 Å². The van der Waals surface area contributed by atoms with Crippen LogP contribution in [0.25, 0.3) is 0 Å². The number of aryl methyl sites for hydroxylation is 1. The molecule has 0 saturated carbocycles. The van der Waals surface area contributed by atoms with E-state index in [1.165, 1.54) is 10.4 Å². The van der Waals surface area contributed by atoms with Crippen molar-refractivity contribution in [3.8, 4) is 0 Å². The molecule has 3 aromatic rings. The molecule has 0 aliphatic heterocycles. The molecule has 0 aliphatic rings. The lowest BCUT2D eigenvalue weighted by Gasteiger charge is -2.12. The van der Waals surface area contributed by atoms with Gasteiger partial charge in [0, 0.05) is 50.0 Å². The van der Waals surface area contributed by atoms with Crippen molar-refractivity contribution in [3.05, 3.63) is 70.2 Å². The topological polar surface area (TPSA) is 67.1 Å². The molecule has 0 aliphatic carbocycles. The van der Waals surface area contributed by atoms with Gasteiger partial charge in [0.15, 0.2) is 5.96 Å². The fourth-order valence-electron chi connectivity index (χ4n) is 2.76. The Morgan fingerprint density at radius 3 is 2.78 bits per heavy atom. The van der Waals surface area contributed by atoms with Gasteiger partial charge < -0.3 is 15.2 Å². The number of guanidine groups is 1. The molecule has 6 nitrogen and oxygen atoms in total. The number of imidazole rings is 1. The van der Waals surface area contributed by atoms with Gasteiger partial charge in [-0.2, -0.15) is 0 Å². The van der Waals surface area contributed by atoms with Crippen molar-refractivity contribution in [2.24, 2.45) is 4.99 Å². The molecule has 142 valence electrons. The molecule has 0 spiro atoms. The molecule has 0 radical (unpaired) electrons. The van der Waals surface area contributed by atoms with E-state index in [1.54, 1.807) is 18.4 Å². The average molecular weight is 383 g/mol. The monoisotopic (exact) mass is 382 g/mol. The summed E-state index contributed by atoms with van der Waals surface area (Å²) in [6, 6.07) is 10.4. The first-order valence-electron chi connectivity index (χ1n) is 9.20. The number of thiazole rings is 1. The molecule has 2 aromatic heterocycles. The molecular formula is C20H26N6S. The molecular weight excluding hydrogens is 356 g/mol. The fourth-order valence-corrected chi connectivity index (χ4v) is 3.56. The summed E-state index contributed by atoms with van der Waals surface area (Å²) in [5, 5.41) is 7.75. The lowest BCUT2D eigenvalue weighted by Crippen LogP contribution is -2.38. The van der Waals surface area contributed by atoms with Crippen molar-refractivity contribution >= 4 is 17.3 Å². The van der Waals surface area contributed by atoms with E-state index in [0.29, 0.717) is 6.54 Å². The second-order valence-electron chi connectivity index (χ2n) is 6.13. The first-order chi connectivity index (χ1) is 13.3. The van der Waals surface area contributed by atoms with E-state index in [-0.39, 0.29) is 0 Å². The highest BCUT2D eigenvalue weighted by Gasteiger charge is 2.06. The lowest BCUT2D eigenvalue weighted by atomic mass is 10.2. The Morgan fingerprint density at radius 2 is 2.04 bits per heavy atom. The summed E-state index contributed by atoms with van der Waals surface area (Å²) in [7, 11) is 1.78. The van der Waals surface area contributed by atoms with Crippen molar-refractivity contribution < 1.29 is 0 Å². The molecule has 0 fully saturated rings. The second-order valence-corrected chi connectivity index (χ2v) is 7.33. The predicted octanol–water partition coefficient (Wildman–Crippen LogP) is 2.86. The smallest absolute Gasteiger partial charge is 0.191 e. The van der Waals surface area contributed by atoms with Crippen LogP contribution in [0.4, 0.5) is 0 Å². The number of benzene rings is 1. The van der Waals surface area contributed by atoms with E-state index in [0.717, 1.165) is 42.7 Å². The van der Waals surface area contributed by atoms with Gasteiger partial charge >= 0.3 is 0 Å². The van der Waals surface area contributed by atoms with E-state index in [4.69, 9.17) is 0 Å². The van der Waals surface area contributed by atoms with Crippen molar-refractivity contribution in [1.82, 2.24) is 25.2 Å². The van der Waals surface area contributed by atoms with E-state index in [2.05, 4.69) is 61.4 Å². The van der Waals surface area contributed by atoms with Crippen LogP contribution in [-0.4, -0.2) is 34.1 Å². The standard InChI is InChI=1S/C20H26N6S/c1-3-17-13-24-19(27-17)14-25-20(21-2)23-10-9-18-22-11-12-26(18)15-16-7-5-4-6-8-16/h4-8,11-13H,3,9-10,14-15H2,1-2H3,(H2,21,23,25). The van der Waals surface area contributed by atoms with Crippen LogP contribution in [0, 0.1) is 0 Å². The molecule has 0 bridgehead atoms. The molecule has 0 amide bonds. The number of rotatable bonds is 8. The highest BCUT2D eigenvalue weighted by atomic mass is 32.1. The number of nitrogens with one attached hydrogen (secondary N) is 2. The maximum atomic E-state index is 4.50. The Balaban J connectivity index is 1.46. The number of aromatic nitrogens is 3. The number of aliphatic imine (C=N–C) groups is 1. The Hall–Kier alpha value is -2.67. The maximum absolute atomic E-state index is 4.50. The minimum atomic E-state index is 0.687. The van der Waals surface area contributed by atoms with Crippen molar-refractivity contribution in [2.45, 2.75) is 32.9 Å². The summed E-state index contributed by atoms with van der Waals surface area (Å²) >= 11 is 1.74. The zero-order valence-electron chi connectivity index (χ0n) is 15.9. The highest BCUT2D eigenvalue weighted by Crippen LogP contribution is 2.12. The van der Waals surface area contributed by atoms with Crippen LogP contribution >= 0.6 is 11.3 Å². The third-order valence-corrected chi connectivity index (χ3v) is 5.36. The fraction of sp³-hybridized carbons (Fsp3) is 0.350. The minimum absolute atomic E-state index is 0.687. The van der Waals surface area contributed by atoms with Gasteiger partial charge in [-0.15, -0.1) is 11.3 Å². The zero-order chi connectivity index (χ0) is 18.9. The van der Waals surface area contributed by atoms with Crippen LogP contribution in [0.2, 0.25) is 0 Å². The number of hydrogen-bond donors (Lipinski definition) is 2. The summed E-state index contributed by atoms with van der Waals surface area (Å²) in [6.45, 7) is 4.44. The van der Waals surface area contributed by atoms with Crippen molar-refractivity contribution in [3.63, 3.8) is 0 Å². The third-order valence-electron chi connectivity index (χ3n) is 4.22. The van der Waals surface area contributed by atoms with E-state index in [9.17, 15) is 0 Å². The van der Waals surface area contributed by atoms with E-state index in [1.807, 2.05) is 24.7 Å².